The molecule has 0 aliphatic carbocycles. The molecule has 6 heteroatoms. The average molecular weight is 351 g/mol. The van der Waals surface area contributed by atoms with Gasteiger partial charge in [0.1, 0.15) is 6.04 Å². The Morgan fingerprint density at radius 1 is 1.23 bits per heavy atom. The number of anilines is 1. The quantitative estimate of drug-likeness (QED) is 0.486. The van der Waals surface area contributed by atoms with Gasteiger partial charge in [0.15, 0.2) is 0 Å². The number of aryl methyl sites for hydroxylation is 1. The fourth-order valence-electron chi connectivity index (χ4n) is 2.96. The lowest BCUT2D eigenvalue weighted by Crippen LogP contribution is -2.43. The molecule has 0 radical (unpaired) electrons. The van der Waals surface area contributed by atoms with Gasteiger partial charge in [-0.05, 0) is 30.7 Å². The Morgan fingerprint density at radius 3 is 2.77 bits per heavy atom. The lowest BCUT2D eigenvalue weighted by atomic mass is 10.0. The number of nitrogen functional groups attached to an aromatic ring is 1. The number of aromatic nitrogens is 1. The van der Waals surface area contributed by atoms with E-state index in [-0.39, 0.29) is 0 Å². The van der Waals surface area contributed by atoms with E-state index in [2.05, 4.69) is 10.3 Å². The van der Waals surface area contributed by atoms with Crippen LogP contribution in [0.5, 0.6) is 0 Å². The van der Waals surface area contributed by atoms with Crippen molar-refractivity contribution in [3.05, 3.63) is 65.4 Å². The van der Waals surface area contributed by atoms with Gasteiger partial charge in [-0.15, -0.1) is 0 Å². The van der Waals surface area contributed by atoms with Crippen molar-refractivity contribution >= 4 is 28.5 Å². The molecule has 0 aliphatic heterocycles. The second-order valence-corrected chi connectivity index (χ2v) is 6.20. The van der Waals surface area contributed by atoms with Crippen LogP contribution in [0.1, 0.15) is 21.5 Å². The molecule has 0 unspecified atom stereocenters. The SMILES string of the molecule is COC(=O)[C@H](Cc1c[nH]c2ccccc12)NC(=O)c1cc(C)ccc1N. The van der Waals surface area contributed by atoms with Crippen LogP contribution < -0.4 is 11.1 Å². The van der Waals surface area contributed by atoms with Gasteiger partial charge in [0.25, 0.3) is 5.91 Å². The second kappa shape index (κ2) is 7.31. The molecule has 1 atom stereocenters. The molecule has 1 aromatic heterocycles. The highest BCUT2D eigenvalue weighted by atomic mass is 16.5. The maximum absolute atomic E-state index is 12.6. The van der Waals surface area contributed by atoms with Crippen LogP contribution in [-0.4, -0.2) is 30.0 Å². The van der Waals surface area contributed by atoms with Crippen molar-refractivity contribution in [2.24, 2.45) is 0 Å². The number of amides is 1. The molecule has 2 aromatic carbocycles. The number of ether oxygens (including phenoxy) is 1. The molecule has 0 fully saturated rings. The first-order valence-corrected chi connectivity index (χ1v) is 8.29. The van der Waals surface area contributed by atoms with E-state index >= 15 is 0 Å². The molecule has 6 nitrogen and oxygen atoms in total. The van der Waals surface area contributed by atoms with E-state index < -0.39 is 17.9 Å². The van der Waals surface area contributed by atoms with Crippen LogP contribution in [0, 0.1) is 6.92 Å². The summed E-state index contributed by atoms with van der Waals surface area (Å²) in [5.74, 6) is -0.906. The van der Waals surface area contributed by atoms with Crippen LogP contribution in [0.15, 0.2) is 48.7 Å². The monoisotopic (exact) mass is 351 g/mol. The molecule has 4 N–H and O–H groups in total. The summed E-state index contributed by atoms with van der Waals surface area (Å²) in [4.78, 5) is 28.0. The van der Waals surface area contributed by atoms with Crippen molar-refractivity contribution in [1.82, 2.24) is 10.3 Å². The maximum Gasteiger partial charge on any atom is 0.328 e. The van der Waals surface area contributed by atoms with E-state index in [0.29, 0.717) is 17.7 Å². The number of aromatic amines is 1. The molecular weight excluding hydrogens is 330 g/mol. The lowest BCUT2D eigenvalue weighted by molar-refractivity contribution is -0.142. The molecule has 0 bridgehead atoms. The molecule has 0 saturated heterocycles. The first-order valence-electron chi connectivity index (χ1n) is 8.29. The Hall–Kier alpha value is -3.28. The van der Waals surface area contributed by atoms with Gasteiger partial charge >= 0.3 is 5.97 Å². The topological polar surface area (TPSA) is 97.2 Å². The zero-order valence-corrected chi connectivity index (χ0v) is 14.7. The van der Waals surface area contributed by atoms with E-state index in [4.69, 9.17) is 10.5 Å². The van der Waals surface area contributed by atoms with E-state index in [9.17, 15) is 9.59 Å². The van der Waals surface area contributed by atoms with Crippen molar-refractivity contribution in [3.8, 4) is 0 Å². The number of nitrogens with two attached hydrogens (primary N) is 1. The van der Waals surface area contributed by atoms with E-state index in [1.54, 1.807) is 12.1 Å². The number of nitrogens with one attached hydrogen (secondary N) is 2. The average Bonchev–Trinajstić information content (AvgIpc) is 3.05. The van der Waals surface area contributed by atoms with Crippen LogP contribution in [0.25, 0.3) is 10.9 Å². The molecule has 1 amide bonds. The maximum atomic E-state index is 12.6. The summed E-state index contributed by atoms with van der Waals surface area (Å²) >= 11 is 0. The summed E-state index contributed by atoms with van der Waals surface area (Å²) < 4.78 is 4.87. The van der Waals surface area contributed by atoms with Crippen molar-refractivity contribution in [1.29, 1.82) is 0 Å². The van der Waals surface area contributed by atoms with Crippen LogP contribution in [-0.2, 0) is 16.0 Å². The number of rotatable bonds is 5. The predicted molar refractivity (Wildman–Crippen MR) is 101 cm³/mol. The van der Waals surface area contributed by atoms with Gasteiger partial charge in [-0.1, -0.05) is 29.8 Å². The molecule has 3 rings (SSSR count). The third-order valence-electron chi connectivity index (χ3n) is 4.34. The van der Waals surface area contributed by atoms with Gasteiger partial charge in [-0.25, -0.2) is 4.79 Å². The number of carbonyl (C=O) groups excluding carboxylic acids is 2. The number of fused-ring (bicyclic) bond motifs is 1. The van der Waals surface area contributed by atoms with Crippen molar-refractivity contribution in [2.45, 2.75) is 19.4 Å². The van der Waals surface area contributed by atoms with Crippen LogP contribution in [0.2, 0.25) is 0 Å². The number of para-hydroxylation sites is 1. The Balaban J connectivity index is 1.85. The smallest absolute Gasteiger partial charge is 0.328 e. The van der Waals surface area contributed by atoms with Gasteiger partial charge in [-0.2, -0.15) is 0 Å². The number of benzene rings is 2. The van der Waals surface area contributed by atoms with Crippen molar-refractivity contribution < 1.29 is 14.3 Å². The molecule has 0 spiro atoms. The van der Waals surface area contributed by atoms with Gasteiger partial charge in [0.05, 0.1) is 12.7 Å². The van der Waals surface area contributed by atoms with E-state index in [0.717, 1.165) is 22.0 Å². The zero-order chi connectivity index (χ0) is 18.7. The third kappa shape index (κ3) is 3.54. The minimum absolute atomic E-state index is 0.314. The summed E-state index contributed by atoms with van der Waals surface area (Å²) in [6.45, 7) is 1.87. The van der Waals surface area contributed by atoms with Gasteiger partial charge < -0.3 is 20.8 Å². The minimum atomic E-state index is -0.813. The number of hydrogen-bond donors (Lipinski definition) is 3. The largest absolute Gasteiger partial charge is 0.467 e. The third-order valence-corrected chi connectivity index (χ3v) is 4.34. The van der Waals surface area contributed by atoms with Crippen molar-refractivity contribution in [3.63, 3.8) is 0 Å². The summed E-state index contributed by atoms with van der Waals surface area (Å²) in [5.41, 5.74) is 9.42. The van der Waals surface area contributed by atoms with Crippen LogP contribution in [0.4, 0.5) is 5.69 Å². The van der Waals surface area contributed by atoms with E-state index in [1.165, 1.54) is 7.11 Å². The highest BCUT2D eigenvalue weighted by Gasteiger charge is 2.24. The predicted octanol–water partition coefficient (Wildman–Crippen LogP) is 2.57. The molecule has 3 aromatic rings. The first kappa shape index (κ1) is 17.5. The molecule has 1 heterocycles. The van der Waals surface area contributed by atoms with Crippen LogP contribution >= 0.6 is 0 Å². The highest BCUT2D eigenvalue weighted by Crippen LogP contribution is 2.20. The van der Waals surface area contributed by atoms with Gasteiger partial charge in [-0.3, -0.25) is 4.79 Å². The second-order valence-electron chi connectivity index (χ2n) is 6.20. The molecule has 134 valence electrons. The summed E-state index contributed by atoms with van der Waals surface area (Å²) in [6.07, 6.45) is 2.15. The Bertz CT molecular complexity index is 962. The fourth-order valence-corrected chi connectivity index (χ4v) is 2.96. The summed E-state index contributed by atoms with van der Waals surface area (Å²) in [7, 11) is 1.30. The minimum Gasteiger partial charge on any atom is -0.467 e. The first-order chi connectivity index (χ1) is 12.5. The Labute approximate surface area is 151 Å². The lowest BCUT2D eigenvalue weighted by Gasteiger charge is -2.17. The number of carbonyl (C=O) groups is 2. The van der Waals surface area contributed by atoms with Crippen LogP contribution in [0.3, 0.4) is 0 Å². The molecule has 0 saturated carbocycles. The summed E-state index contributed by atoms with van der Waals surface area (Å²) in [5, 5.41) is 3.75. The van der Waals surface area contributed by atoms with Gasteiger partial charge in [0, 0.05) is 29.2 Å². The van der Waals surface area contributed by atoms with Gasteiger partial charge in [0.2, 0.25) is 0 Å². The Morgan fingerprint density at radius 2 is 2.00 bits per heavy atom. The molecule has 0 aliphatic rings. The zero-order valence-electron chi connectivity index (χ0n) is 14.7. The fraction of sp³-hybridized carbons (Fsp3) is 0.200. The number of hydrogen-bond acceptors (Lipinski definition) is 4. The number of H-pyrrole nitrogens is 1. The number of methoxy groups -OCH3 is 1. The highest BCUT2D eigenvalue weighted by molar-refractivity contribution is 6.01. The standard InChI is InChI=1S/C20H21N3O3/c1-12-7-8-16(21)15(9-12)19(24)23-18(20(25)26-2)10-13-11-22-17-6-4-3-5-14(13)17/h3-9,11,18,22H,10,21H2,1-2H3,(H,23,24)/t18-/m0/s1. The van der Waals surface area contributed by atoms with E-state index in [1.807, 2.05) is 43.5 Å². The number of esters is 1. The normalized spacial score (nSPS) is 11.9. The Kier molecular flexibility index (Phi) is 4.93. The molecular formula is C20H21N3O3. The molecule has 26 heavy (non-hydrogen) atoms. The van der Waals surface area contributed by atoms with Crippen molar-refractivity contribution in [2.75, 3.05) is 12.8 Å². The summed E-state index contributed by atoms with van der Waals surface area (Å²) in [6, 6.07) is 12.2.